The van der Waals surface area contributed by atoms with Gasteiger partial charge in [-0.25, -0.2) is 9.67 Å². The molecule has 1 saturated heterocycles. The molecule has 1 aliphatic heterocycles. The zero-order valence-corrected chi connectivity index (χ0v) is 21.5. The van der Waals surface area contributed by atoms with Crippen LogP contribution in [0.15, 0.2) is 42.7 Å². The Hall–Kier alpha value is -4.65. The molecule has 0 aromatic carbocycles. The molecule has 2 fully saturated rings. The van der Waals surface area contributed by atoms with Gasteiger partial charge in [0.1, 0.15) is 28.5 Å². The summed E-state index contributed by atoms with van der Waals surface area (Å²) in [7, 11) is 0. The minimum atomic E-state index is -4.51. The third kappa shape index (κ3) is 4.18. The number of halogens is 3. The van der Waals surface area contributed by atoms with Gasteiger partial charge in [-0.2, -0.15) is 23.7 Å². The SMILES string of the molecule is Cc1c(-c2cc(OC(c3ccccn3)C3(C(F)(F)F)CC3)n3c(C#N)cnc3c2)nnn1C1CCN(C#N)CC1. The van der Waals surface area contributed by atoms with Crippen molar-refractivity contribution in [2.45, 2.75) is 50.9 Å². The van der Waals surface area contributed by atoms with Crippen LogP contribution in [0.1, 0.15) is 54.9 Å². The largest absolute Gasteiger partial charge is 0.468 e. The molecule has 1 unspecified atom stereocenters. The first-order chi connectivity index (χ1) is 19.3. The van der Waals surface area contributed by atoms with Crippen molar-refractivity contribution in [1.82, 2.24) is 34.3 Å². The summed E-state index contributed by atoms with van der Waals surface area (Å²) >= 11 is 0. The average molecular weight is 548 g/mol. The lowest BCUT2D eigenvalue weighted by Gasteiger charge is -2.29. The molecule has 40 heavy (non-hydrogen) atoms. The van der Waals surface area contributed by atoms with Crippen molar-refractivity contribution in [3.05, 3.63) is 59.8 Å². The summed E-state index contributed by atoms with van der Waals surface area (Å²) in [5.41, 5.74) is 0.368. The molecule has 0 radical (unpaired) electrons. The van der Waals surface area contributed by atoms with Gasteiger partial charge in [0.15, 0.2) is 12.3 Å². The fourth-order valence-corrected chi connectivity index (χ4v) is 5.48. The quantitative estimate of drug-likeness (QED) is 0.317. The summed E-state index contributed by atoms with van der Waals surface area (Å²) in [5.74, 6) is 0.0315. The van der Waals surface area contributed by atoms with Crippen molar-refractivity contribution in [1.29, 1.82) is 10.5 Å². The summed E-state index contributed by atoms with van der Waals surface area (Å²) in [5, 5.41) is 27.6. The molecule has 13 heteroatoms. The van der Waals surface area contributed by atoms with Gasteiger partial charge in [0.05, 0.1) is 23.6 Å². The number of aromatic nitrogens is 6. The van der Waals surface area contributed by atoms with E-state index in [-0.39, 0.29) is 36.2 Å². The standard InChI is InChI=1S/C27H24F3N9O/c1-17-24(35-36-39(17)19-5-10-37(16-32)11-6-19)18-12-22-34-15-20(14-31)38(22)23(13-18)40-25(21-4-2-3-9-33-21)26(7-8-26)27(28,29)30/h2-4,9,12-13,15,19,25H,5-8,10-11H2,1H3. The fraction of sp³-hybridized carbons (Fsp3) is 0.407. The van der Waals surface area contributed by atoms with E-state index in [0.717, 1.165) is 18.5 Å². The highest BCUT2D eigenvalue weighted by atomic mass is 19.4. The van der Waals surface area contributed by atoms with Crippen molar-refractivity contribution in [2.24, 2.45) is 5.41 Å². The Balaban J connectivity index is 1.43. The molecule has 0 amide bonds. The number of hydrogen-bond donors (Lipinski definition) is 0. The van der Waals surface area contributed by atoms with Gasteiger partial charge in [0.25, 0.3) is 0 Å². The molecule has 10 nitrogen and oxygen atoms in total. The Morgan fingerprint density at radius 1 is 1.12 bits per heavy atom. The lowest BCUT2D eigenvalue weighted by molar-refractivity contribution is -0.212. The minimum absolute atomic E-state index is 0.0315. The maximum atomic E-state index is 14.3. The maximum absolute atomic E-state index is 14.3. The summed E-state index contributed by atoms with van der Waals surface area (Å²) in [6.07, 6.45) is 0.312. The van der Waals surface area contributed by atoms with Gasteiger partial charge in [-0.3, -0.25) is 9.38 Å². The lowest BCUT2D eigenvalue weighted by Crippen LogP contribution is -2.34. The number of imidazole rings is 1. The van der Waals surface area contributed by atoms with Crippen LogP contribution >= 0.6 is 0 Å². The Morgan fingerprint density at radius 2 is 1.90 bits per heavy atom. The number of pyridine rings is 2. The Bertz CT molecular complexity index is 1640. The third-order valence-corrected chi connectivity index (χ3v) is 7.89. The first kappa shape index (κ1) is 25.6. The number of nitrogens with zero attached hydrogens (tertiary/aromatic N) is 9. The summed E-state index contributed by atoms with van der Waals surface area (Å²) in [6.45, 7) is 3.13. The van der Waals surface area contributed by atoms with Crippen LogP contribution in [0.25, 0.3) is 16.9 Å². The maximum Gasteiger partial charge on any atom is 0.398 e. The molecular formula is C27H24F3N9O. The van der Waals surface area contributed by atoms with Gasteiger partial charge in [-0.05, 0) is 50.8 Å². The van der Waals surface area contributed by atoms with Crippen molar-refractivity contribution in [3.63, 3.8) is 0 Å². The van der Waals surface area contributed by atoms with Crippen LogP contribution in [0, 0.1) is 35.1 Å². The molecular weight excluding hydrogens is 523 g/mol. The van der Waals surface area contributed by atoms with Gasteiger partial charge < -0.3 is 9.64 Å². The number of hydrogen-bond acceptors (Lipinski definition) is 8. The van der Waals surface area contributed by atoms with Crippen molar-refractivity contribution >= 4 is 5.65 Å². The molecule has 0 N–H and O–H groups in total. The first-order valence-electron chi connectivity index (χ1n) is 12.9. The summed E-state index contributed by atoms with van der Waals surface area (Å²) in [4.78, 5) is 10.2. The zero-order chi connectivity index (χ0) is 28.1. The summed E-state index contributed by atoms with van der Waals surface area (Å²) < 4.78 is 52.5. The summed E-state index contributed by atoms with van der Waals surface area (Å²) in [6, 6.07) is 10.2. The van der Waals surface area contributed by atoms with Crippen LogP contribution in [0.2, 0.25) is 0 Å². The molecule has 1 aliphatic carbocycles. The average Bonchev–Trinajstić information content (AvgIpc) is 3.54. The van der Waals surface area contributed by atoms with Crippen LogP contribution in [0.4, 0.5) is 13.2 Å². The number of rotatable bonds is 6. The van der Waals surface area contributed by atoms with Crippen LogP contribution in [0.3, 0.4) is 0 Å². The molecule has 0 spiro atoms. The van der Waals surface area contributed by atoms with E-state index >= 15 is 0 Å². The van der Waals surface area contributed by atoms with Gasteiger partial charge in [0, 0.05) is 30.9 Å². The van der Waals surface area contributed by atoms with Crippen LogP contribution in [-0.2, 0) is 0 Å². The van der Waals surface area contributed by atoms with E-state index in [1.807, 2.05) is 17.7 Å². The smallest absolute Gasteiger partial charge is 0.398 e. The van der Waals surface area contributed by atoms with E-state index in [2.05, 4.69) is 26.5 Å². The predicted molar refractivity (Wildman–Crippen MR) is 134 cm³/mol. The predicted octanol–water partition coefficient (Wildman–Crippen LogP) is 4.75. The van der Waals surface area contributed by atoms with Gasteiger partial charge >= 0.3 is 6.18 Å². The van der Waals surface area contributed by atoms with Crippen LogP contribution in [-0.4, -0.2) is 53.5 Å². The molecule has 1 atom stereocenters. The van der Waals surface area contributed by atoms with E-state index in [9.17, 15) is 18.4 Å². The minimum Gasteiger partial charge on any atom is -0.468 e. The molecule has 1 saturated carbocycles. The Morgan fingerprint density at radius 3 is 2.52 bits per heavy atom. The Labute approximate surface area is 227 Å². The Kier molecular flexibility index (Phi) is 6.10. The molecule has 2 aliphatic rings. The van der Waals surface area contributed by atoms with E-state index in [0.29, 0.717) is 30.0 Å². The molecule has 4 aromatic rings. The zero-order valence-electron chi connectivity index (χ0n) is 21.5. The number of likely N-dealkylation sites (tertiary alicyclic amines) is 1. The number of alkyl halides is 3. The second-order valence-corrected chi connectivity index (χ2v) is 10.2. The number of nitriles is 2. The first-order valence-corrected chi connectivity index (χ1v) is 12.9. The highest BCUT2D eigenvalue weighted by molar-refractivity contribution is 5.68. The van der Waals surface area contributed by atoms with Gasteiger partial charge in [-0.15, -0.1) is 5.10 Å². The van der Waals surface area contributed by atoms with Crippen LogP contribution in [0.5, 0.6) is 5.88 Å². The third-order valence-electron chi connectivity index (χ3n) is 7.89. The highest BCUT2D eigenvalue weighted by Crippen LogP contribution is 2.65. The van der Waals surface area contributed by atoms with Crippen molar-refractivity contribution in [3.8, 4) is 29.4 Å². The van der Waals surface area contributed by atoms with E-state index < -0.39 is 17.7 Å². The molecule has 0 bridgehead atoms. The van der Waals surface area contributed by atoms with E-state index in [1.54, 1.807) is 29.2 Å². The number of ether oxygens (including phenoxy) is 1. The lowest BCUT2D eigenvalue weighted by atomic mass is 9.95. The fourth-order valence-electron chi connectivity index (χ4n) is 5.48. The molecule has 4 aromatic heterocycles. The van der Waals surface area contributed by atoms with Crippen LogP contribution < -0.4 is 4.74 Å². The van der Waals surface area contributed by atoms with Crippen molar-refractivity contribution < 1.29 is 17.9 Å². The van der Waals surface area contributed by atoms with E-state index in [4.69, 9.17) is 10.00 Å². The van der Waals surface area contributed by atoms with Gasteiger partial charge in [0.2, 0.25) is 5.88 Å². The normalized spacial score (nSPS) is 17.8. The number of fused-ring (bicyclic) bond motifs is 1. The monoisotopic (exact) mass is 547 g/mol. The van der Waals surface area contributed by atoms with E-state index in [1.165, 1.54) is 22.9 Å². The molecule has 5 heterocycles. The van der Waals surface area contributed by atoms with Crippen molar-refractivity contribution in [2.75, 3.05) is 13.1 Å². The topological polar surface area (TPSA) is 121 Å². The second kappa shape index (κ2) is 9.52. The number of piperidine rings is 1. The molecule has 204 valence electrons. The highest BCUT2D eigenvalue weighted by Gasteiger charge is 2.69. The molecule has 6 rings (SSSR count). The second-order valence-electron chi connectivity index (χ2n) is 10.2. The van der Waals surface area contributed by atoms with Gasteiger partial charge in [-0.1, -0.05) is 11.3 Å².